The van der Waals surface area contributed by atoms with Crippen molar-refractivity contribution in [1.29, 1.82) is 0 Å². The molecule has 0 aliphatic heterocycles. The number of allylic oxidation sites excluding steroid dienone is 2. The average Bonchev–Trinajstić information content (AvgIpc) is 2.47. The minimum atomic E-state index is -0.0888. The number of rotatable bonds is 14. The molecule has 0 aromatic rings. The van der Waals surface area contributed by atoms with E-state index in [1.54, 1.807) is 0 Å². The number of carbonyl (C=O) groups is 1. The summed E-state index contributed by atoms with van der Waals surface area (Å²) >= 11 is 0. The number of methoxy groups -OCH3 is 1. The molecule has 0 aliphatic carbocycles. The summed E-state index contributed by atoms with van der Waals surface area (Å²) in [5.74, 6) is -0.0888. The Balaban J connectivity index is 3.09. The van der Waals surface area contributed by atoms with Crippen LogP contribution in [0.2, 0.25) is 0 Å². The highest BCUT2D eigenvalue weighted by Crippen LogP contribution is 2.09. The second kappa shape index (κ2) is 16.2. The number of hydrogen-bond donors (Lipinski definition) is 1. The van der Waals surface area contributed by atoms with Gasteiger partial charge in [-0.25, -0.2) is 0 Å². The van der Waals surface area contributed by atoms with Crippen LogP contribution in [-0.4, -0.2) is 24.8 Å². The number of hydrogen-bond acceptors (Lipinski definition) is 3. The molecule has 0 heterocycles. The van der Waals surface area contributed by atoms with Crippen LogP contribution in [0, 0.1) is 0 Å². The molecule has 0 fully saturated rings. The highest BCUT2D eigenvalue weighted by atomic mass is 16.5. The van der Waals surface area contributed by atoms with E-state index in [2.05, 4.69) is 16.9 Å². The molecule has 3 heteroatoms. The lowest BCUT2D eigenvalue weighted by molar-refractivity contribution is -0.140. The molecule has 20 heavy (non-hydrogen) atoms. The van der Waals surface area contributed by atoms with E-state index in [1.165, 1.54) is 45.6 Å². The number of aliphatic hydroxyl groups is 1. The van der Waals surface area contributed by atoms with Gasteiger partial charge in [0.05, 0.1) is 7.11 Å². The van der Waals surface area contributed by atoms with E-state index in [0.29, 0.717) is 13.0 Å². The van der Waals surface area contributed by atoms with Gasteiger partial charge in [0.2, 0.25) is 0 Å². The molecular weight excluding hydrogens is 252 g/mol. The monoisotopic (exact) mass is 284 g/mol. The van der Waals surface area contributed by atoms with E-state index in [9.17, 15) is 4.79 Å². The molecule has 0 rings (SSSR count). The van der Waals surface area contributed by atoms with Crippen molar-refractivity contribution in [3.05, 3.63) is 12.2 Å². The number of ether oxygens (including phenoxy) is 1. The first-order chi connectivity index (χ1) is 9.81. The maximum Gasteiger partial charge on any atom is 0.305 e. The van der Waals surface area contributed by atoms with Gasteiger partial charge in [0.15, 0.2) is 0 Å². The summed E-state index contributed by atoms with van der Waals surface area (Å²) in [5, 5.41) is 8.64. The predicted molar refractivity (Wildman–Crippen MR) is 83.6 cm³/mol. The third kappa shape index (κ3) is 15.2. The van der Waals surface area contributed by atoms with Crippen molar-refractivity contribution < 1.29 is 14.6 Å². The van der Waals surface area contributed by atoms with Crippen LogP contribution in [0.25, 0.3) is 0 Å². The molecule has 0 spiro atoms. The number of carbonyl (C=O) groups excluding carboxylic acids is 1. The van der Waals surface area contributed by atoms with Crippen molar-refractivity contribution >= 4 is 5.97 Å². The maximum absolute atomic E-state index is 10.9. The van der Waals surface area contributed by atoms with E-state index in [-0.39, 0.29) is 5.97 Å². The summed E-state index contributed by atoms with van der Waals surface area (Å²) in [6, 6.07) is 0. The van der Waals surface area contributed by atoms with E-state index in [0.717, 1.165) is 32.1 Å². The van der Waals surface area contributed by atoms with Gasteiger partial charge < -0.3 is 9.84 Å². The van der Waals surface area contributed by atoms with Gasteiger partial charge in [-0.1, -0.05) is 44.3 Å². The Labute approximate surface area is 124 Å². The van der Waals surface area contributed by atoms with E-state index < -0.39 is 0 Å². The average molecular weight is 284 g/mol. The zero-order valence-corrected chi connectivity index (χ0v) is 13.1. The SMILES string of the molecule is COC(=O)CCCCCCCCC=CCCCCCO. The van der Waals surface area contributed by atoms with Gasteiger partial charge in [0, 0.05) is 13.0 Å². The Morgan fingerprint density at radius 1 is 0.850 bits per heavy atom. The van der Waals surface area contributed by atoms with Gasteiger partial charge in [-0.3, -0.25) is 4.79 Å². The lowest BCUT2D eigenvalue weighted by Crippen LogP contribution is -1.99. The minimum Gasteiger partial charge on any atom is -0.469 e. The summed E-state index contributed by atoms with van der Waals surface area (Å²) in [6.07, 6.45) is 17.9. The van der Waals surface area contributed by atoms with Gasteiger partial charge >= 0.3 is 5.97 Å². The summed E-state index contributed by atoms with van der Waals surface area (Å²) in [6.45, 7) is 0.323. The van der Waals surface area contributed by atoms with Crippen molar-refractivity contribution in [2.75, 3.05) is 13.7 Å². The van der Waals surface area contributed by atoms with Crippen LogP contribution >= 0.6 is 0 Å². The first kappa shape index (κ1) is 19.2. The van der Waals surface area contributed by atoms with Crippen LogP contribution in [0.5, 0.6) is 0 Å². The molecule has 0 radical (unpaired) electrons. The highest BCUT2D eigenvalue weighted by Gasteiger charge is 1.98. The minimum absolute atomic E-state index is 0.0888. The van der Waals surface area contributed by atoms with E-state index >= 15 is 0 Å². The van der Waals surface area contributed by atoms with Crippen LogP contribution in [0.1, 0.15) is 77.0 Å². The first-order valence-electron chi connectivity index (χ1n) is 8.14. The Morgan fingerprint density at radius 2 is 1.35 bits per heavy atom. The third-order valence-corrected chi connectivity index (χ3v) is 3.42. The fourth-order valence-corrected chi connectivity index (χ4v) is 2.13. The molecule has 0 aliphatic rings. The topological polar surface area (TPSA) is 46.5 Å². The molecule has 118 valence electrons. The van der Waals surface area contributed by atoms with Crippen LogP contribution in [0.3, 0.4) is 0 Å². The molecule has 0 saturated carbocycles. The van der Waals surface area contributed by atoms with Gasteiger partial charge in [0.25, 0.3) is 0 Å². The molecule has 0 aromatic carbocycles. The van der Waals surface area contributed by atoms with Crippen LogP contribution in [-0.2, 0) is 9.53 Å². The fraction of sp³-hybridized carbons (Fsp3) is 0.824. The molecule has 0 amide bonds. The Kier molecular flexibility index (Phi) is 15.6. The lowest BCUT2D eigenvalue weighted by Gasteiger charge is -2.00. The Bertz CT molecular complexity index is 236. The molecule has 0 saturated heterocycles. The van der Waals surface area contributed by atoms with Crippen molar-refractivity contribution in [1.82, 2.24) is 0 Å². The van der Waals surface area contributed by atoms with E-state index in [4.69, 9.17) is 5.11 Å². The second-order valence-electron chi connectivity index (χ2n) is 5.28. The Morgan fingerprint density at radius 3 is 1.90 bits per heavy atom. The lowest BCUT2D eigenvalue weighted by atomic mass is 10.1. The molecule has 3 nitrogen and oxygen atoms in total. The largest absolute Gasteiger partial charge is 0.469 e. The number of aliphatic hydroxyl groups excluding tert-OH is 1. The summed E-state index contributed by atoms with van der Waals surface area (Å²) < 4.78 is 4.60. The maximum atomic E-state index is 10.9. The van der Waals surface area contributed by atoms with Gasteiger partial charge in [0.1, 0.15) is 0 Å². The zero-order valence-electron chi connectivity index (χ0n) is 13.1. The third-order valence-electron chi connectivity index (χ3n) is 3.42. The van der Waals surface area contributed by atoms with Gasteiger partial charge in [-0.05, 0) is 38.5 Å². The number of esters is 1. The van der Waals surface area contributed by atoms with Gasteiger partial charge in [-0.15, -0.1) is 0 Å². The van der Waals surface area contributed by atoms with Crippen molar-refractivity contribution in [2.24, 2.45) is 0 Å². The van der Waals surface area contributed by atoms with Crippen LogP contribution in [0.15, 0.2) is 12.2 Å². The first-order valence-corrected chi connectivity index (χ1v) is 8.14. The molecule has 0 aromatic heterocycles. The summed E-state index contributed by atoms with van der Waals surface area (Å²) in [5.41, 5.74) is 0. The smallest absolute Gasteiger partial charge is 0.305 e. The Hall–Kier alpha value is -0.830. The molecule has 0 atom stereocenters. The van der Waals surface area contributed by atoms with Gasteiger partial charge in [-0.2, -0.15) is 0 Å². The highest BCUT2D eigenvalue weighted by molar-refractivity contribution is 5.68. The van der Waals surface area contributed by atoms with Crippen molar-refractivity contribution in [2.45, 2.75) is 77.0 Å². The molecule has 1 N–H and O–H groups in total. The fourth-order valence-electron chi connectivity index (χ4n) is 2.13. The summed E-state index contributed by atoms with van der Waals surface area (Å²) in [7, 11) is 1.45. The molecule has 0 bridgehead atoms. The molecular formula is C17H32O3. The number of unbranched alkanes of at least 4 members (excludes halogenated alkanes) is 9. The van der Waals surface area contributed by atoms with Crippen LogP contribution < -0.4 is 0 Å². The standard InChI is InChI=1S/C17H32O3/c1-20-17(19)15-13-11-9-7-5-3-2-4-6-8-10-12-14-16-18/h4,6,18H,2-3,5,7-16H2,1H3. The zero-order chi connectivity index (χ0) is 14.9. The quantitative estimate of drug-likeness (QED) is 0.292. The summed E-state index contributed by atoms with van der Waals surface area (Å²) in [4.78, 5) is 10.9. The second-order valence-corrected chi connectivity index (χ2v) is 5.28. The predicted octanol–water partition coefficient (Wildman–Crippen LogP) is 4.39. The van der Waals surface area contributed by atoms with Crippen LogP contribution in [0.4, 0.5) is 0 Å². The van der Waals surface area contributed by atoms with Crippen molar-refractivity contribution in [3.8, 4) is 0 Å². The molecule has 0 unspecified atom stereocenters. The van der Waals surface area contributed by atoms with Crippen molar-refractivity contribution in [3.63, 3.8) is 0 Å². The van der Waals surface area contributed by atoms with E-state index in [1.807, 2.05) is 0 Å². The normalized spacial score (nSPS) is 11.1.